The van der Waals surface area contributed by atoms with Crippen LogP contribution in [0.1, 0.15) is 19.2 Å². The van der Waals surface area contributed by atoms with Crippen molar-refractivity contribution < 1.29 is 4.79 Å². The molecule has 6 nitrogen and oxygen atoms in total. The van der Waals surface area contributed by atoms with Crippen LogP contribution in [0.5, 0.6) is 0 Å². The summed E-state index contributed by atoms with van der Waals surface area (Å²) in [4.78, 5) is 14.7. The fraction of sp³-hybridized carbons (Fsp3) is 0.500. The van der Waals surface area contributed by atoms with Gasteiger partial charge < -0.3 is 11.5 Å². The topological polar surface area (TPSA) is 111 Å². The van der Waals surface area contributed by atoms with Crippen molar-refractivity contribution in [3.8, 4) is 0 Å². The monoisotopic (exact) mass is 169 g/mol. The van der Waals surface area contributed by atoms with Crippen molar-refractivity contribution in [3.63, 3.8) is 0 Å². The third-order valence-electron chi connectivity index (χ3n) is 1.83. The Morgan fingerprint density at radius 2 is 2.50 bits per heavy atom. The van der Waals surface area contributed by atoms with Crippen molar-refractivity contribution in [2.75, 3.05) is 0 Å². The van der Waals surface area contributed by atoms with Crippen molar-refractivity contribution in [2.45, 2.75) is 18.9 Å². The van der Waals surface area contributed by atoms with Crippen LogP contribution in [-0.2, 0) is 10.3 Å². The largest absolute Gasteiger partial charge is 0.368 e. The molecule has 0 aliphatic rings. The van der Waals surface area contributed by atoms with E-state index >= 15 is 0 Å². The lowest BCUT2D eigenvalue weighted by molar-refractivity contribution is -0.123. The second-order valence-electron chi connectivity index (χ2n) is 2.52. The van der Waals surface area contributed by atoms with Crippen molar-refractivity contribution in [2.24, 2.45) is 11.5 Å². The lowest BCUT2D eigenvalue weighted by atomic mass is 9.96. The highest BCUT2D eigenvalue weighted by Crippen LogP contribution is 2.16. The molecule has 0 spiro atoms. The zero-order valence-electron chi connectivity index (χ0n) is 6.74. The highest BCUT2D eigenvalue weighted by molar-refractivity contribution is 5.84. The molecule has 0 aliphatic heterocycles. The summed E-state index contributed by atoms with van der Waals surface area (Å²) in [6.07, 6.45) is 1.67. The molecule has 1 rings (SSSR count). The molecule has 0 bridgehead atoms. The third kappa shape index (κ3) is 1.16. The van der Waals surface area contributed by atoms with Crippen LogP contribution < -0.4 is 11.5 Å². The molecule has 0 aliphatic carbocycles. The summed E-state index contributed by atoms with van der Waals surface area (Å²) in [5.41, 5.74) is 9.59. The second-order valence-corrected chi connectivity index (χ2v) is 2.52. The van der Waals surface area contributed by atoms with Gasteiger partial charge in [-0.25, -0.2) is 4.98 Å². The van der Waals surface area contributed by atoms with Crippen LogP contribution in [0.3, 0.4) is 0 Å². The van der Waals surface area contributed by atoms with E-state index in [1.165, 1.54) is 6.33 Å². The fourth-order valence-corrected chi connectivity index (χ4v) is 0.879. The molecule has 0 radical (unpaired) electrons. The predicted molar refractivity (Wildman–Crippen MR) is 41.7 cm³/mol. The third-order valence-corrected chi connectivity index (χ3v) is 1.83. The summed E-state index contributed by atoms with van der Waals surface area (Å²) in [5, 5.41) is 6.12. The van der Waals surface area contributed by atoms with Gasteiger partial charge in [0.1, 0.15) is 6.33 Å². The van der Waals surface area contributed by atoms with Gasteiger partial charge in [0.15, 0.2) is 11.4 Å². The van der Waals surface area contributed by atoms with Gasteiger partial charge in [-0.2, -0.15) is 5.10 Å². The normalized spacial score (nSPS) is 15.5. The van der Waals surface area contributed by atoms with Crippen LogP contribution in [0.25, 0.3) is 0 Å². The zero-order valence-corrected chi connectivity index (χ0v) is 6.74. The standard InChI is InChI=1S/C6H11N5O/c1-2-6(8,4(7)12)5-9-3-10-11-5/h3H,2,8H2,1H3,(H2,7,12)(H,9,10,11). The van der Waals surface area contributed by atoms with E-state index in [-0.39, 0.29) is 0 Å². The van der Waals surface area contributed by atoms with Gasteiger partial charge in [-0.15, -0.1) is 0 Å². The molecule has 0 saturated carbocycles. The number of nitrogens with two attached hydrogens (primary N) is 2. The van der Waals surface area contributed by atoms with Gasteiger partial charge >= 0.3 is 0 Å². The Bertz CT molecular complexity index is 269. The number of H-pyrrole nitrogens is 1. The predicted octanol–water partition coefficient (Wildman–Crippen LogP) is -1.15. The van der Waals surface area contributed by atoms with E-state index in [4.69, 9.17) is 11.5 Å². The van der Waals surface area contributed by atoms with Gasteiger partial charge in [-0.3, -0.25) is 9.89 Å². The van der Waals surface area contributed by atoms with Gasteiger partial charge in [0.05, 0.1) is 0 Å². The number of amides is 1. The van der Waals surface area contributed by atoms with Crippen LogP contribution in [0.2, 0.25) is 0 Å². The van der Waals surface area contributed by atoms with E-state index in [9.17, 15) is 4.79 Å². The Hall–Kier alpha value is -1.43. The van der Waals surface area contributed by atoms with Crippen LogP contribution >= 0.6 is 0 Å². The molecular weight excluding hydrogens is 158 g/mol. The Balaban J connectivity index is 3.04. The van der Waals surface area contributed by atoms with Crippen LogP contribution in [0, 0.1) is 0 Å². The summed E-state index contributed by atoms with van der Waals surface area (Å²) in [6, 6.07) is 0. The number of primary amides is 1. The first kappa shape index (κ1) is 8.66. The Morgan fingerprint density at radius 3 is 2.83 bits per heavy atom. The number of rotatable bonds is 3. The highest BCUT2D eigenvalue weighted by atomic mass is 16.1. The Kier molecular flexibility index (Phi) is 2.09. The maximum atomic E-state index is 11.0. The second kappa shape index (κ2) is 2.90. The summed E-state index contributed by atoms with van der Waals surface area (Å²) in [6.45, 7) is 1.76. The maximum Gasteiger partial charge on any atom is 0.245 e. The number of carbonyl (C=O) groups is 1. The number of aromatic nitrogens is 3. The molecule has 1 aromatic rings. The minimum atomic E-state index is -1.23. The number of hydrogen-bond donors (Lipinski definition) is 3. The summed E-state index contributed by atoms with van der Waals surface area (Å²) in [5.74, 6) is -0.306. The summed E-state index contributed by atoms with van der Waals surface area (Å²) in [7, 11) is 0. The van der Waals surface area contributed by atoms with Crippen molar-refractivity contribution in [3.05, 3.63) is 12.2 Å². The zero-order chi connectivity index (χ0) is 9.19. The molecule has 0 saturated heterocycles. The van der Waals surface area contributed by atoms with Crippen molar-refractivity contribution in [1.82, 2.24) is 15.2 Å². The molecule has 1 aromatic heterocycles. The lowest BCUT2D eigenvalue weighted by Gasteiger charge is -2.20. The van der Waals surface area contributed by atoms with Crippen LogP contribution in [0.15, 0.2) is 6.33 Å². The van der Waals surface area contributed by atoms with Crippen LogP contribution in [0.4, 0.5) is 0 Å². The molecular formula is C6H11N5O. The van der Waals surface area contributed by atoms with E-state index in [1.807, 2.05) is 0 Å². The van der Waals surface area contributed by atoms with E-state index in [0.29, 0.717) is 12.2 Å². The number of hydrogen-bond acceptors (Lipinski definition) is 4. The molecule has 1 atom stereocenters. The highest BCUT2D eigenvalue weighted by Gasteiger charge is 2.34. The van der Waals surface area contributed by atoms with Crippen molar-refractivity contribution in [1.29, 1.82) is 0 Å². The number of aromatic amines is 1. The summed E-state index contributed by atoms with van der Waals surface area (Å²) < 4.78 is 0. The molecule has 1 heterocycles. The van der Waals surface area contributed by atoms with Gasteiger partial charge in [0.2, 0.25) is 5.91 Å². The maximum absolute atomic E-state index is 11.0. The summed E-state index contributed by atoms with van der Waals surface area (Å²) >= 11 is 0. The molecule has 6 heteroatoms. The molecule has 0 fully saturated rings. The molecule has 0 aromatic carbocycles. The quantitative estimate of drug-likeness (QED) is 0.530. The van der Waals surface area contributed by atoms with E-state index in [1.54, 1.807) is 6.92 Å². The van der Waals surface area contributed by atoms with Crippen LogP contribution in [-0.4, -0.2) is 21.1 Å². The number of nitrogens with zero attached hydrogens (tertiary/aromatic N) is 2. The smallest absolute Gasteiger partial charge is 0.245 e. The fourth-order valence-electron chi connectivity index (χ4n) is 0.879. The number of nitrogens with one attached hydrogen (secondary N) is 1. The lowest BCUT2D eigenvalue weighted by Crippen LogP contribution is -2.49. The Morgan fingerprint density at radius 1 is 1.83 bits per heavy atom. The molecule has 12 heavy (non-hydrogen) atoms. The van der Waals surface area contributed by atoms with E-state index in [0.717, 1.165) is 0 Å². The number of carbonyl (C=O) groups excluding carboxylic acids is 1. The first-order valence-corrected chi connectivity index (χ1v) is 3.56. The van der Waals surface area contributed by atoms with Gasteiger partial charge in [0.25, 0.3) is 0 Å². The first-order valence-electron chi connectivity index (χ1n) is 3.56. The molecule has 1 unspecified atom stereocenters. The average molecular weight is 169 g/mol. The minimum Gasteiger partial charge on any atom is -0.368 e. The van der Waals surface area contributed by atoms with Gasteiger partial charge in [0, 0.05) is 0 Å². The van der Waals surface area contributed by atoms with Crippen molar-refractivity contribution >= 4 is 5.91 Å². The average Bonchev–Trinajstić information content (AvgIpc) is 2.54. The molecule has 1 amide bonds. The van der Waals surface area contributed by atoms with Gasteiger partial charge in [-0.1, -0.05) is 6.92 Å². The van der Waals surface area contributed by atoms with E-state index < -0.39 is 11.4 Å². The van der Waals surface area contributed by atoms with Gasteiger partial charge in [-0.05, 0) is 6.42 Å². The first-order chi connectivity index (χ1) is 5.61. The minimum absolute atomic E-state index is 0.303. The van der Waals surface area contributed by atoms with E-state index in [2.05, 4.69) is 15.2 Å². The Labute approximate surface area is 69.3 Å². The SMILES string of the molecule is CCC(N)(C(N)=O)c1ncn[nH]1. The molecule has 5 N–H and O–H groups in total. The molecule has 66 valence electrons.